The summed E-state index contributed by atoms with van der Waals surface area (Å²) in [5.74, 6) is 1.36. The Labute approximate surface area is 167 Å². The van der Waals surface area contributed by atoms with Gasteiger partial charge in [-0.15, -0.1) is 11.3 Å². The molecular formula is C19H20N2O5S2. The van der Waals surface area contributed by atoms with Crippen molar-refractivity contribution in [2.45, 2.75) is 36.2 Å². The first-order valence-electron chi connectivity index (χ1n) is 8.95. The van der Waals surface area contributed by atoms with Crippen molar-refractivity contribution in [2.24, 2.45) is 0 Å². The molecule has 1 N–H and O–H groups in total. The summed E-state index contributed by atoms with van der Waals surface area (Å²) in [7, 11) is -3.93. The van der Waals surface area contributed by atoms with Gasteiger partial charge in [0.2, 0.25) is 26.6 Å². The van der Waals surface area contributed by atoms with Crippen molar-refractivity contribution in [3.8, 4) is 22.3 Å². The predicted molar refractivity (Wildman–Crippen MR) is 106 cm³/mol. The van der Waals surface area contributed by atoms with Crippen LogP contribution in [-0.2, 0) is 9.84 Å². The lowest BCUT2D eigenvalue weighted by Crippen LogP contribution is -2.17. The SMILES string of the molecule is CCC(C)Nc1oc(-c2cccs2)nc1S(=O)(=O)c1ccc2c(c1)OCCO2. The van der Waals surface area contributed by atoms with Crippen LogP contribution >= 0.6 is 11.3 Å². The maximum Gasteiger partial charge on any atom is 0.240 e. The van der Waals surface area contributed by atoms with E-state index in [1.54, 1.807) is 6.07 Å². The summed E-state index contributed by atoms with van der Waals surface area (Å²) >= 11 is 1.43. The number of fused-ring (bicyclic) bond motifs is 1. The standard InChI is InChI=1S/C19H20N2O5S2/c1-3-12(2)20-18-19(21-17(26-18)16-5-4-10-27-16)28(22,23)13-6-7-14-15(11-13)25-9-8-24-14/h4-7,10-12,20H,3,8-9H2,1-2H3. The number of nitrogens with zero attached hydrogens (tertiary/aromatic N) is 1. The maximum absolute atomic E-state index is 13.3. The van der Waals surface area contributed by atoms with Crippen LogP contribution in [0.15, 0.2) is 50.1 Å². The van der Waals surface area contributed by atoms with E-state index in [9.17, 15) is 8.42 Å². The molecule has 148 valence electrons. The van der Waals surface area contributed by atoms with Crippen molar-refractivity contribution >= 4 is 27.1 Å². The molecule has 0 bridgehead atoms. The molecule has 0 radical (unpaired) electrons. The Balaban J connectivity index is 1.79. The summed E-state index contributed by atoms with van der Waals surface area (Å²) in [5.41, 5.74) is 0. The number of ether oxygens (including phenoxy) is 2. The zero-order chi connectivity index (χ0) is 19.7. The van der Waals surface area contributed by atoms with Crippen LogP contribution in [0.2, 0.25) is 0 Å². The van der Waals surface area contributed by atoms with Crippen LogP contribution in [0.5, 0.6) is 11.5 Å². The summed E-state index contributed by atoms with van der Waals surface area (Å²) < 4.78 is 43.5. The van der Waals surface area contributed by atoms with Crippen LogP contribution in [-0.4, -0.2) is 32.7 Å². The summed E-state index contributed by atoms with van der Waals surface area (Å²) in [6.45, 7) is 4.77. The molecule has 0 fully saturated rings. The van der Waals surface area contributed by atoms with Crippen LogP contribution in [0.1, 0.15) is 20.3 Å². The Kier molecular flexibility index (Phi) is 5.03. The van der Waals surface area contributed by atoms with Gasteiger partial charge in [0.15, 0.2) is 11.5 Å². The topological polar surface area (TPSA) is 90.7 Å². The number of sulfone groups is 1. The molecule has 2 aromatic heterocycles. The molecular weight excluding hydrogens is 400 g/mol. The number of hydrogen-bond acceptors (Lipinski definition) is 8. The van der Waals surface area contributed by atoms with Gasteiger partial charge in [0.05, 0.1) is 9.77 Å². The molecule has 0 spiro atoms. The highest BCUT2D eigenvalue weighted by atomic mass is 32.2. The highest BCUT2D eigenvalue weighted by molar-refractivity contribution is 7.91. The largest absolute Gasteiger partial charge is 0.486 e. The molecule has 28 heavy (non-hydrogen) atoms. The normalized spacial score (nSPS) is 14.6. The zero-order valence-corrected chi connectivity index (χ0v) is 17.1. The summed E-state index contributed by atoms with van der Waals surface area (Å²) in [5, 5.41) is 4.87. The third-order valence-electron chi connectivity index (χ3n) is 4.40. The Morgan fingerprint density at radius 1 is 1.21 bits per heavy atom. The molecule has 0 saturated carbocycles. The van der Waals surface area contributed by atoms with Crippen molar-refractivity contribution < 1.29 is 22.3 Å². The number of hydrogen-bond donors (Lipinski definition) is 1. The average Bonchev–Trinajstić information content (AvgIpc) is 3.37. The molecule has 1 unspecified atom stereocenters. The summed E-state index contributed by atoms with van der Waals surface area (Å²) in [6.07, 6.45) is 0.804. The number of benzene rings is 1. The first-order valence-corrected chi connectivity index (χ1v) is 11.3. The van der Waals surface area contributed by atoms with Gasteiger partial charge in [-0.2, -0.15) is 4.98 Å². The van der Waals surface area contributed by atoms with Crippen molar-refractivity contribution in [3.05, 3.63) is 35.7 Å². The van der Waals surface area contributed by atoms with Gasteiger partial charge in [-0.25, -0.2) is 8.42 Å². The Bertz CT molecular complexity index is 1070. The monoisotopic (exact) mass is 420 g/mol. The van der Waals surface area contributed by atoms with Gasteiger partial charge in [0, 0.05) is 12.1 Å². The van der Waals surface area contributed by atoms with Crippen molar-refractivity contribution in [1.29, 1.82) is 0 Å². The van der Waals surface area contributed by atoms with E-state index >= 15 is 0 Å². The Morgan fingerprint density at radius 2 is 2.00 bits per heavy atom. The molecule has 9 heteroatoms. The number of anilines is 1. The van der Waals surface area contributed by atoms with Crippen molar-refractivity contribution in [3.63, 3.8) is 0 Å². The summed E-state index contributed by atoms with van der Waals surface area (Å²) in [6, 6.07) is 8.29. The van der Waals surface area contributed by atoms with Gasteiger partial charge in [-0.1, -0.05) is 13.0 Å². The number of thiophene rings is 1. The van der Waals surface area contributed by atoms with Crippen LogP contribution < -0.4 is 14.8 Å². The highest BCUT2D eigenvalue weighted by Gasteiger charge is 2.30. The second kappa shape index (κ2) is 7.48. The Hall–Kier alpha value is -2.52. The highest BCUT2D eigenvalue weighted by Crippen LogP contribution is 2.37. The number of nitrogens with one attached hydrogen (secondary N) is 1. The lowest BCUT2D eigenvalue weighted by molar-refractivity contribution is 0.171. The lowest BCUT2D eigenvalue weighted by atomic mass is 10.3. The smallest absolute Gasteiger partial charge is 0.240 e. The van der Waals surface area contributed by atoms with Crippen LogP contribution in [0, 0.1) is 0 Å². The molecule has 0 saturated heterocycles. The van der Waals surface area contributed by atoms with Crippen LogP contribution in [0.3, 0.4) is 0 Å². The molecule has 3 aromatic rings. The van der Waals surface area contributed by atoms with Crippen LogP contribution in [0.4, 0.5) is 5.88 Å². The quantitative estimate of drug-likeness (QED) is 0.638. The van der Waals surface area contributed by atoms with E-state index < -0.39 is 9.84 Å². The van der Waals surface area contributed by atoms with E-state index in [1.165, 1.54) is 23.5 Å². The van der Waals surface area contributed by atoms with E-state index in [2.05, 4.69) is 10.3 Å². The zero-order valence-electron chi connectivity index (χ0n) is 15.5. The van der Waals surface area contributed by atoms with Gasteiger partial charge in [-0.05, 0) is 36.9 Å². The molecule has 4 rings (SSSR count). The molecule has 1 aromatic carbocycles. The van der Waals surface area contributed by atoms with Crippen LogP contribution in [0.25, 0.3) is 10.8 Å². The first kappa shape index (κ1) is 18.8. The second-order valence-electron chi connectivity index (χ2n) is 6.39. The van der Waals surface area contributed by atoms with E-state index in [4.69, 9.17) is 13.9 Å². The molecule has 0 amide bonds. The van der Waals surface area contributed by atoms with Gasteiger partial charge >= 0.3 is 0 Å². The molecule has 1 aliphatic heterocycles. The summed E-state index contributed by atoms with van der Waals surface area (Å²) in [4.78, 5) is 5.16. The van der Waals surface area contributed by atoms with E-state index in [0.29, 0.717) is 24.7 Å². The third-order valence-corrected chi connectivity index (χ3v) is 6.91. The maximum atomic E-state index is 13.3. The number of oxazole rings is 1. The van der Waals surface area contributed by atoms with Gasteiger partial charge in [-0.3, -0.25) is 0 Å². The minimum Gasteiger partial charge on any atom is -0.486 e. The van der Waals surface area contributed by atoms with E-state index in [0.717, 1.165) is 11.3 Å². The predicted octanol–water partition coefficient (Wildman–Crippen LogP) is 4.22. The molecule has 0 aliphatic carbocycles. The van der Waals surface area contributed by atoms with Gasteiger partial charge in [0.25, 0.3) is 0 Å². The minimum absolute atomic E-state index is 0.0263. The number of aromatic nitrogens is 1. The van der Waals surface area contributed by atoms with E-state index in [-0.39, 0.29) is 27.7 Å². The molecule has 7 nitrogen and oxygen atoms in total. The first-order chi connectivity index (χ1) is 13.5. The fourth-order valence-corrected chi connectivity index (χ4v) is 4.64. The number of rotatable bonds is 6. The average molecular weight is 421 g/mol. The van der Waals surface area contributed by atoms with Gasteiger partial charge < -0.3 is 19.2 Å². The minimum atomic E-state index is -3.93. The fourth-order valence-electron chi connectivity index (χ4n) is 2.71. The molecule has 3 heterocycles. The third kappa shape index (κ3) is 3.47. The fraction of sp³-hybridized carbons (Fsp3) is 0.316. The van der Waals surface area contributed by atoms with Gasteiger partial charge in [0.1, 0.15) is 13.2 Å². The lowest BCUT2D eigenvalue weighted by Gasteiger charge is -2.18. The molecule has 1 atom stereocenters. The second-order valence-corrected chi connectivity index (χ2v) is 9.21. The Morgan fingerprint density at radius 3 is 2.71 bits per heavy atom. The molecule has 1 aliphatic rings. The van der Waals surface area contributed by atoms with Crippen molar-refractivity contribution in [1.82, 2.24) is 4.98 Å². The van der Waals surface area contributed by atoms with Crippen molar-refractivity contribution in [2.75, 3.05) is 18.5 Å². The van der Waals surface area contributed by atoms with E-state index in [1.807, 2.05) is 31.4 Å².